The lowest BCUT2D eigenvalue weighted by Gasteiger charge is -2.30. The highest BCUT2D eigenvalue weighted by Gasteiger charge is 2.31. The minimum Gasteiger partial charge on any atom is -0.493 e. The van der Waals surface area contributed by atoms with E-state index in [0.717, 1.165) is 23.4 Å². The van der Waals surface area contributed by atoms with Gasteiger partial charge in [-0.2, -0.15) is 0 Å². The average Bonchev–Trinajstić information content (AvgIpc) is 3.19. The van der Waals surface area contributed by atoms with Gasteiger partial charge in [-0.1, -0.05) is 0 Å². The van der Waals surface area contributed by atoms with Gasteiger partial charge < -0.3 is 29.4 Å². The Hall–Kier alpha value is -3.59. The Morgan fingerprint density at radius 3 is 2.53 bits per heavy atom. The van der Waals surface area contributed by atoms with E-state index in [2.05, 4.69) is 10.3 Å². The fourth-order valence-electron chi connectivity index (χ4n) is 4.43. The number of esters is 1. The highest BCUT2D eigenvalue weighted by molar-refractivity contribution is 6.11. The zero-order valence-electron chi connectivity index (χ0n) is 19.7. The number of hydrogen-bond acceptors (Lipinski definition) is 5. The van der Waals surface area contributed by atoms with Crippen molar-refractivity contribution in [1.29, 1.82) is 0 Å². The predicted octanol–water partition coefficient (Wildman–Crippen LogP) is 2.47. The first kappa shape index (κ1) is 23.6. The summed E-state index contributed by atoms with van der Waals surface area (Å²) in [5.41, 5.74) is 3.13. The molecule has 0 bridgehead atoms. The molecule has 1 aliphatic rings. The number of methoxy groups -OCH3 is 2. The number of anilines is 1. The third-order valence-electron chi connectivity index (χ3n) is 6.33. The van der Waals surface area contributed by atoms with E-state index >= 15 is 0 Å². The molecule has 1 amide bonds. The summed E-state index contributed by atoms with van der Waals surface area (Å²) < 4.78 is 29.9. The largest absolute Gasteiger partial charge is 0.493 e. The van der Waals surface area contributed by atoms with Crippen LogP contribution in [0.1, 0.15) is 35.5 Å². The molecule has 1 aromatic heterocycles. The van der Waals surface area contributed by atoms with Crippen molar-refractivity contribution in [2.45, 2.75) is 32.9 Å². The molecule has 34 heavy (non-hydrogen) atoms. The normalized spacial score (nSPS) is 16.0. The molecule has 2 atom stereocenters. The van der Waals surface area contributed by atoms with Crippen molar-refractivity contribution >= 4 is 28.5 Å². The first-order valence-electron chi connectivity index (χ1n) is 11.2. The number of aromatic amines is 1. The summed E-state index contributed by atoms with van der Waals surface area (Å²) in [6.45, 7) is 5.11. The molecule has 0 radical (unpaired) electrons. The van der Waals surface area contributed by atoms with Crippen LogP contribution in [0.3, 0.4) is 0 Å². The number of aromatic nitrogens is 1. The van der Waals surface area contributed by atoms with E-state index in [-0.39, 0.29) is 23.9 Å². The number of ether oxygens (including phenoxy) is 3. The van der Waals surface area contributed by atoms with Gasteiger partial charge in [0.15, 0.2) is 17.5 Å². The Balaban J connectivity index is 1.58. The minimum absolute atomic E-state index is 0.0961. The number of amides is 1. The second kappa shape index (κ2) is 9.72. The van der Waals surface area contributed by atoms with Crippen LogP contribution in [0.25, 0.3) is 10.9 Å². The lowest BCUT2D eigenvalue weighted by atomic mass is 9.97. The van der Waals surface area contributed by atoms with Gasteiger partial charge in [0.1, 0.15) is 18.1 Å². The number of carbonyl (C=O) groups is 2. The first-order chi connectivity index (χ1) is 16.4. The van der Waals surface area contributed by atoms with Gasteiger partial charge in [0.25, 0.3) is 5.91 Å². The predicted molar refractivity (Wildman–Crippen MR) is 125 cm³/mol. The molecule has 0 saturated carbocycles. The zero-order chi connectivity index (χ0) is 24.4. The topological polar surface area (TPSA) is 94.1 Å². The molecule has 0 spiro atoms. The molecule has 180 valence electrons. The quantitative estimate of drug-likeness (QED) is 0.462. The van der Waals surface area contributed by atoms with E-state index in [1.165, 1.54) is 23.8 Å². The molecule has 3 N–H and O–H groups in total. The fraction of sp³-hybridized carbons (Fsp3) is 0.360. The van der Waals surface area contributed by atoms with E-state index in [1.54, 1.807) is 21.1 Å². The van der Waals surface area contributed by atoms with Crippen molar-refractivity contribution in [3.63, 3.8) is 0 Å². The van der Waals surface area contributed by atoms with E-state index in [4.69, 9.17) is 14.2 Å². The van der Waals surface area contributed by atoms with Gasteiger partial charge in [0.05, 0.1) is 33.1 Å². The van der Waals surface area contributed by atoms with Crippen LogP contribution in [0.4, 0.5) is 10.1 Å². The number of fused-ring (bicyclic) bond motifs is 2. The van der Waals surface area contributed by atoms with Crippen LogP contribution in [0.2, 0.25) is 0 Å². The Bertz CT molecular complexity index is 1240. The highest BCUT2D eigenvalue weighted by Crippen LogP contribution is 2.32. The molecule has 1 unspecified atom stereocenters. The van der Waals surface area contributed by atoms with Crippen molar-refractivity contribution in [2.24, 2.45) is 0 Å². The van der Waals surface area contributed by atoms with Gasteiger partial charge in [0, 0.05) is 22.9 Å². The molecule has 3 aromatic rings. The van der Waals surface area contributed by atoms with Gasteiger partial charge in [-0.15, -0.1) is 0 Å². The van der Waals surface area contributed by atoms with Crippen molar-refractivity contribution < 1.29 is 33.1 Å². The van der Waals surface area contributed by atoms with Crippen molar-refractivity contribution in [1.82, 2.24) is 4.98 Å². The van der Waals surface area contributed by atoms with E-state index in [0.29, 0.717) is 28.9 Å². The van der Waals surface area contributed by atoms with Gasteiger partial charge >= 0.3 is 5.97 Å². The lowest BCUT2D eigenvalue weighted by Crippen LogP contribution is -3.16. The highest BCUT2D eigenvalue weighted by atomic mass is 19.1. The summed E-state index contributed by atoms with van der Waals surface area (Å²) in [5, 5.41) is 3.27. The number of halogens is 1. The Morgan fingerprint density at radius 2 is 1.85 bits per heavy atom. The molecule has 4 rings (SSSR count). The van der Waals surface area contributed by atoms with Crippen LogP contribution in [0.15, 0.2) is 30.3 Å². The van der Waals surface area contributed by atoms with Crippen LogP contribution in [0.5, 0.6) is 11.5 Å². The number of nitrogens with one attached hydrogen (secondary N) is 3. The van der Waals surface area contributed by atoms with Gasteiger partial charge in [-0.25, -0.2) is 9.18 Å². The summed E-state index contributed by atoms with van der Waals surface area (Å²) in [4.78, 5) is 29.8. The van der Waals surface area contributed by atoms with Crippen LogP contribution >= 0.6 is 0 Å². The van der Waals surface area contributed by atoms with Gasteiger partial charge in [-0.3, -0.25) is 4.79 Å². The summed E-state index contributed by atoms with van der Waals surface area (Å²) in [5.74, 6) is -0.00172. The van der Waals surface area contributed by atoms with E-state index in [1.807, 2.05) is 19.1 Å². The van der Waals surface area contributed by atoms with Crippen LogP contribution in [-0.2, 0) is 22.5 Å². The minimum atomic E-state index is -0.609. The number of quaternary nitrogens is 1. The molecule has 2 aromatic carbocycles. The van der Waals surface area contributed by atoms with Crippen molar-refractivity contribution in [3.8, 4) is 11.5 Å². The lowest BCUT2D eigenvalue weighted by molar-refractivity contribution is -0.929. The van der Waals surface area contributed by atoms with Crippen LogP contribution in [0, 0.1) is 5.82 Å². The molecule has 8 nitrogen and oxygen atoms in total. The Labute approximate surface area is 197 Å². The second-order valence-corrected chi connectivity index (χ2v) is 8.31. The van der Waals surface area contributed by atoms with Gasteiger partial charge in [-0.05, 0) is 49.7 Å². The first-order valence-corrected chi connectivity index (χ1v) is 11.2. The molecule has 2 heterocycles. The Kier molecular flexibility index (Phi) is 6.74. The molecule has 0 fully saturated rings. The van der Waals surface area contributed by atoms with Crippen molar-refractivity contribution in [2.75, 3.05) is 32.7 Å². The molecule has 9 heteroatoms. The van der Waals surface area contributed by atoms with Crippen molar-refractivity contribution in [3.05, 3.63) is 53.0 Å². The average molecular weight is 471 g/mol. The standard InChI is InChI=1S/C25H28FN3O5/c1-5-34-25(31)23-22(18-12-17(26)6-7-19(18)27-23)28-24(30)14(2)29-9-8-15-10-20(32-3)21(33-4)11-16(15)13-29/h6-7,10-12,14,27H,5,8-9,13H2,1-4H3,(H,28,30)/p+1/t14-/m1/s1. The Morgan fingerprint density at radius 1 is 1.15 bits per heavy atom. The second-order valence-electron chi connectivity index (χ2n) is 8.31. The molecule has 0 saturated heterocycles. The molecular weight excluding hydrogens is 441 g/mol. The summed E-state index contributed by atoms with van der Waals surface area (Å²) >= 11 is 0. The van der Waals surface area contributed by atoms with Crippen LogP contribution in [-0.4, -0.2) is 50.3 Å². The maximum absolute atomic E-state index is 14.0. The van der Waals surface area contributed by atoms with Crippen LogP contribution < -0.4 is 19.7 Å². The number of H-pyrrole nitrogens is 1. The SMILES string of the molecule is CCOC(=O)c1[nH]c2ccc(F)cc2c1NC(=O)[C@@H](C)[NH+]1CCc2cc(OC)c(OC)cc2C1. The smallest absolute Gasteiger partial charge is 0.356 e. The van der Waals surface area contributed by atoms with Gasteiger partial charge in [0.2, 0.25) is 0 Å². The number of carbonyl (C=O) groups excluding carboxylic acids is 2. The fourth-order valence-corrected chi connectivity index (χ4v) is 4.43. The number of hydrogen-bond donors (Lipinski definition) is 3. The van der Waals surface area contributed by atoms with E-state index in [9.17, 15) is 14.0 Å². The summed E-state index contributed by atoms with van der Waals surface area (Å²) in [6, 6.07) is 7.64. The third kappa shape index (κ3) is 4.43. The molecule has 0 aliphatic carbocycles. The maximum atomic E-state index is 14.0. The summed E-state index contributed by atoms with van der Waals surface area (Å²) in [6.07, 6.45) is 0.787. The number of rotatable bonds is 7. The summed E-state index contributed by atoms with van der Waals surface area (Å²) in [7, 11) is 3.21. The molecular formula is C25H29FN3O5+. The van der Waals surface area contributed by atoms with E-state index < -0.39 is 17.8 Å². The zero-order valence-corrected chi connectivity index (χ0v) is 19.7. The third-order valence-corrected chi connectivity index (χ3v) is 6.33. The number of benzene rings is 2. The molecule has 1 aliphatic heterocycles. The maximum Gasteiger partial charge on any atom is 0.356 e. The monoisotopic (exact) mass is 470 g/mol.